The van der Waals surface area contributed by atoms with Gasteiger partial charge in [0.25, 0.3) is 0 Å². The van der Waals surface area contributed by atoms with Crippen molar-refractivity contribution in [3.63, 3.8) is 0 Å². The summed E-state index contributed by atoms with van der Waals surface area (Å²) < 4.78 is 0. The third-order valence-electron chi connectivity index (χ3n) is 4.74. The van der Waals surface area contributed by atoms with E-state index in [4.69, 9.17) is 4.99 Å². The lowest BCUT2D eigenvalue weighted by atomic mass is 9.78. The smallest absolute Gasteiger partial charge is 0.0881 e. The molecule has 2 aliphatic heterocycles. The van der Waals surface area contributed by atoms with Gasteiger partial charge in [-0.05, 0) is 24.5 Å². The van der Waals surface area contributed by atoms with Gasteiger partial charge in [-0.3, -0.25) is 9.89 Å². The molecule has 1 saturated heterocycles. The number of allylic oxidation sites excluding steroid dienone is 1. The Morgan fingerprint density at radius 2 is 2.19 bits per heavy atom. The lowest BCUT2D eigenvalue weighted by Gasteiger charge is -2.42. The predicted octanol–water partition coefficient (Wildman–Crippen LogP) is 3.85. The van der Waals surface area contributed by atoms with Crippen molar-refractivity contribution in [1.29, 1.82) is 0 Å². The highest BCUT2D eigenvalue weighted by molar-refractivity contribution is 5.97. The molecule has 0 unspecified atom stereocenters. The van der Waals surface area contributed by atoms with E-state index in [1.807, 2.05) is 0 Å². The van der Waals surface area contributed by atoms with Crippen LogP contribution in [0.25, 0.3) is 0 Å². The lowest BCUT2D eigenvalue weighted by Crippen LogP contribution is -2.48. The number of nitrogens with zero attached hydrogens (tertiary/aromatic N) is 2. The molecule has 1 aromatic rings. The third-order valence-corrected chi connectivity index (χ3v) is 4.74. The van der Waals surface area contributed by atoms with Crippen molar-refractivity contribution in [1.82, 2.24) is 4.90 Å². The standard InChI is InChI=1S/C19H24N2/c1-3-17-15-21(14-16-8-6-5-7-9-16)13-12-19(17)11-10-18(4-2)20-19/h3,5-11,17H,1,4,12-15H2,2H3/t17-,19-/m0/s1. The van der Waals surface area contributed by atoms with Crippen LogP contribution in [0.5, 0.6) is 0 Å². The Balaban J connectivity index is 1.71. The van der Waals surface area contributed by atoms with Crippen LogP contribution in [0.1, 0.15) is 25.3 Å². The molecular formula is C19H24N2. The van der Waals surface area contributed by atoms with Crippen LogP contribution in [0.15, 0.2) is 60.1 Å². The van der Waals surface area contributed by atoms with E-state index in [0.717, 1.165) is 32.5 Å². The van der Waals surface area contributed by atoms with E-state index in [2.05, 4.69) is 67.0 Å². The molecule has 1 aromatic carbocycles. The molecule has 0 N–H and O–H groups in total. The summed E-state index contributed by atoms with van der Waals surface area (Å²) >= 11 is 0. The maximum absolute atomic E-state index is 5.00. The first-order valence-corrected chi connectivity index (χ1v) is 7.92. The summed E-state index contributed by atoms with van der Waals surface area (Å²) in [6, 6.07) is 10.7. The van der Waals surface area contributed by atoms with Gasteiger partial charge in [-0.1, -0.05) is 49.4 Å². The third kappa shape index (κ3) is 2.86. The average Bonchev–Trinajstić information content (AvgIpc) is 2.94. The van der Waals surface area contributed by atoms with Gasteiger partial charge in [0.05, 0.1) is 5.54 Å². The maximum atomic E-state index is 5.00. The zero-order chi connectivity index (χ0) is 14.7. The van der Waals surface area contributed by atoms with Crippen molar-refractivity contribution < 1.29 is 0 Å². The van der Waals surface area contributed by atoms with Gasteiger partial charge < -0.3 is 0 Å². The second-order valence-electron chi connectivity index (χ2n) is 6.09. The number of aliphatic imine (C=N–C) groups is 1. The predicted molar refractivity (Wildman–Crippen MR) is 89.6 cm³/mol. The highest BCUT2D eigenvalue weighted by Gasteiger charge is 2.41. The molecule has 21 heavy (non-hydrogen) atoms. The summed E-state index contributed by atoms with van der Waals surface area (Å²) in [5.74, 6) is 0.412. The fraction of sp³-hybridized carbons (Fsp3) is 0.421. The summed E-state index contributed by atoms with van der Waals surface area (Å²) in [6.45, 7) is 9.41. The summed E-state index contributed by atoms with van der Waals surface area (Å²) in [5.41, 5.74) is 2.61. The van der Waals surface area contributed by atoms with Crippen LogP contribution in [0, 0.1) is 5.92 Å². The van der Waals surface area contributed by atoms with Crippen molar-refractivity contribution >= 4 is 5.71 Å². The van der Waals surface area contributed by atoms with Crippen LogP contribution in [0.3, 0.4) is 0 Å². The van der Waals surface area contributed by atoms with Crippen molar-refractivity contribution in [3.8, 4) is 0 Å². The summed E-state index contributed by atoms with van der Waals surface area (Å²) in [4.78, 5) is 7.53. The summed E-state index contributed by atoms with van der Waals surface area (Å²) in [7, 11) is 0. The van der Waals surface area contributed by atoms with Gasteiger partial charge in [-0.15, -0.1) is 6.58 Å². The molecule has 2 heteroatoms. The molecule has 0 bridgehead atoms. The molecule has 1 spiro atoms. The zero-order valence-corrected chi connectivity index (χ0v) is 12.8. The van der Waals surface area contributed by atoms with E-state index in [0.29, 0.717) is 5.92 Å². The van der Waals surface area contributed by atoms with Crippen molar-refractivity contribution in [2.75, 3.05) is 13.1 Å². The number of hydrogen-bond donors (Lipinski definition) is 0. The molecule has 1 fully saturated rings. The first kappa shape index (κ1) is 14.3. The quantitative estimate of drug-likeness (QED) is 0.765. The van der Waals surface area contributed by atoms with Crippen molar-refractivity contribution in [2.24, 2.45) is 10.9 Å². The van der Waals surface area contributed by atoms with Crippen LogP contribution >= 0.6 is 0 Å². The Labute approximate surface area is 127 Å². The van der Waals surface area contributed by atoms with E-state index < -0.39 is 0 Å². The first-order chi connectivity index (χ1) is 10.3. The van der Waals surface area contributed by atoms with Crippen molar-refractivity contribution in [2.45, 2.75) is 31.8 Å². The van der Waals surface area contributed by atoms with Gasteiger partial charge in [0.15, 0.2) is 0 Å². The van der Waals surface area contributed by atoms with Gasteiger partial charge in [-0.25, -0.2) is 0 Å². The Hall–Kier alpha value is -1.67. The first-order valence-electron chi connectivity index (χ1n) is 7.92. The fourth-order valence-corrected chi connectivity index (χ4v) is 3.44. The monoisotopic (exact) mass is 280 g/mol. The Morgan fingerprint density at radius 1 is 1.38 bits per heavy atom. The van der Waals surface area contributed by atoms with Gasteiger partial charge in [0, 0.05) is 31.3 Å². The molecule has 110 valence electrons. The molecule has 2 atom stereocenters. The van der Waals surface area contributed by atoms with E-state index in [1.165, 1.54) is 11.3 Å². The second kappa shape index (κ2) is 5.98. The van der Waals surface area contributed by atoms with E-state index in [1.54, 1.807) is 0 Å². The maximum Gasteiger partial charge on any atom is 0.0881 e. The van der Waals surface area contributed by atoms with Gasteiger partial charge in [0.2, 0.25) is 0 Å². The Morgan fingerprint density at radius 3 is 2.86 bits per heavy atom. The SMILES string of the molecule is C=C[C@H]1CN(Cc2ccccc2)CC[C@@]12C=CC(CC)=N2. The molecule has 2 nitrogen and oxygen atoms in total. The number of piperidine rings is 1. The van der Waals surface area contributed by atoms with E-state index in [-0.39, 0.29) is 5.54 Å². The van der Waals surface area contributed by atoms with Crippen LogP contribution in [0.4, 0.5) is 0 Å². The van der Waals surface area contributed by atoms with Crippen LogP contribution in [-0.4, -0.2) is 29.2 Å². The van der Waals surface area contributed by atoms with Gasteiger partial charge >= 0.3 is 0 Å². The minimum absolute atomic E-state index is 0.0136. The molecule has 2 heterocycles. The minimum atomic E-state index is -0.0136. The van der Waals surface area contributed by atoms with Gasteiger partial charge in [-0.2, -0.15) is 0 Å². The highest BCUT2D eigenvalue weighted by Crippen LogP contribution is 2.37. The average molecular weight is 280 g/mol. The Bertz CT molecular complexity index is 558. The second-order valence-corrected chi connectivity index (χ2v) is 6.09. The van der Waals surface area contributed by atoms with Crippen molar-refractivity contribution in [3.05, 3.63) is 60.7 Å². The molecule has 2 aliphatic rings. The van der Waals surface area contributed by atoms with Crippen LogP contribution < -0.4 is 0 Å². The lowest BCUT2D eigenvalue weighted by molar-refractivity contribution is 0.142. The highest BCUT2D eigenvalue weighted by atomic mass is 15.2. The van der Waals surface area contributed by atoms with Crippen LogP contribution in [0.2, 0.25) is 0 Å². The number of hydrogen-bond acceptors (Lipinski definition) is 2. The van der Waals surface area contributed by atoms with E-state index in [9.17, 15) is 0 Å². The number of rotatable bonds is 4. The summed E-state index contributed by atoms with van der Waals surface area (Å²) in [6.07, 6.45) is 8.75. The normalized spacial score (nSPS) is 28.8. The molecular weight excluding hydrogens is 256 g/mol. The van der Waals surface area contributed by atoms with Gasteiger partial charge in [0.1, 0.15) is 0 Å². The Kier molecular flexibility index (Phi) is 4.07. The molecule has 3 rings (SSSR count). The number of benzene rings is 1. The van der Waals surface area contributed by atoms with Crippen LogP contribution in [-0.2, 0) is 6.54 Å². The molecule has 0 radical (unpaired) electrons. The zero-order valence-electron chi connectivity index (χ0n) is 12.8. The fourth-order valence-electron chi connectivity index (χ4n) is 3.44. The van der Waals surface area contributed by atoms with E-state index >= 15 is 0 Å². The molecule has 0 saturated carbocycles. The molecule has 0 amide bonds. The number of likely N-dealkylation sites (tertiary alicyclic amines) is 1. The molecule has 0 aliphatic carbocycles. The topological polar surface area (TPSA) is 15.6 Å². The summed E-state index contributed by atoms with van der Waals surface area (Å²) in [5, 5.41) is 0. The minimum Gasteiger partial charge on any atom is -0.298 e. The molecule has 0 aromatic heterocycles. The largest absolute Gasteiger partial charge is 0.298 e.